The van der Waals surface area contributed by atoms with Gasteiger partial charge in [0.1, 0.15) is 11.3 Å². The number of phenols is 1. The quantitative estimate of drug-likeness (QED) is 0.369. The molecular weight excluding hydrogens is 310 g/mol. The Kier molecular flexibility index (Phi) is 9.46. The maximum atomic E-state index is 9.46. The standard InChI is InChI=1S/C22H35NO2/c1-2-3-4-5-6-7-8-9-10-11-12-13-14-15-22-23-20-18-19(24)16-17-21(20)25-22/h16-18,24H,2-15H2,1H3. The van der Waals surface area contributed by atoms with E-state index in [9.17, 15) is 5.11 Å². The van der Waals surface area contributed by atoms with Crippen LogP contribution in [0.25, 0.3) is 11.1 Å². The van der Waals surface area contributed by atoms with Crippen LogP contribution in [0.1, 0.15) is 96.3 Å². The monoisotopic (exact) mass is 345 g/mol. The van der Waals surface area contributed by atoms with Crippen molar-refractivity contribution in [1.29, 1.82) is 0 Å². The van der Waals surface area contributed by atoms with Gasteiger partial charge in [-0.1, -0.05) is 84.0 Å². The lowest BCUT2D eigenvalue weighted by molar-refractivity contribution is 0.475. The van der Waals surface area contributed by atoms with E-state index in [1.165, 1.54) is 77.0 Å². The first-order valence-corrected chi connectivity index (χ1v) is 10.4. The molecular formula is C22H35NO2. The number of unbranched alkanes of at least 4 members (excludes halogenated alkanes) is 12. The van der Waals surface area contributed by atoms with Crippen LogP contribution >= 0.6 is 0 Å². The van der Waals surface area contributed by atoms with Crippen molar-refractivity contribution in [3.8, 4) is 5.75 Å². The van der Waals surface area contributed by atoms with E-state index in [4.69, 9.17) is 4.42 Å². The molecule has 0 aliphatic heterocycles. The van der Waals surface area contributed by atoms with Gasteiger partial charge in [0.15, 0.2) is 11.5 Å². The highest BCUT2D eigenvalue weighted by Gasteiger charge is 2.06. The molecule has 1 N–H and O–H groups in total. The number of hydrogen-bond donors (Lipinski definition) is 1. The van der Waals surface area contributed by atoms with E-state index in [0.717, 1.165) is 29.8 Å². The average molecular weight is 346 g/mol. The lowest BCUT2D eigenvalue weighted by atomic mass is 10.0. The fourth-order valence-electron chi connectivity index (χ4n) is 3.36. The second-order valence-electron chi connectivity index (χ2n) is 7.25. The Balaban J connectivity index is 1.43. The highest BCUT2D eigenvalue weighted by molar-refractivity contribution is 5.74. The van der Waals surface area contributed by atoms with Crippen LogP contribution in [0, 0.1) is 0 Å². The number of oxazole rings is 1. The SMILES string of the molecule is CCCCCCCCCCCCCCCc1nc2cc(O)ccc2o1. The highest BCUT2D eigenvalue weighted by Crippen LogP contribution is 2.21. The van der Waals surface area contributed by atoms with E-state index in [1.807, 2.05) is 0 Å². The topological polar surface area (TPSA) is 46.3 Å². The third kappa shape index (κ3) is 7.94. The Hall–Kier alpha value is -1.51. The van der Waals surface area contributed by atoms with Gasteiger partial charge >= 0.3 is 0 Å². The van der Waals surface area contributed by atoms with E-state index in [2.05, 4.69) is 11.9 Å². The minimum Gasteiger partial charge on any atom is -0.508 e. The van der Waals surface area contributed by atoms with Gasteiger partial charge in [0, 0.05) is 12.5 Å². The maximum absolute atomic E-state index is 9.46. The number of rotatable bonds is 14. The molecule has 2 aromatic rings. The fraction of sp³-hybridized carbons (Fsp3) is 0.682. The van der Waals surface area contributed by atoms with E-state index in [-0.39, 0.29) is 5.75 Å². The summed E-state index contributed by atoms with van der Waals surface area (Å²) < 4.78 is 5.71. The van der Waals surface area contributed by atoms with Crippen molar-refractivity contribution >= 4 is 11.1 Å². The van der Waals surface area contributed by atoms with Gasteiger partial charge in [-0.05, 0) is 18.6 Å². The van der Waals surface area contributed by atoms with Gasteiger partial charge in [0.2, 0.25) is 0 Å². The molecule has 3 heteroatoms. The summed E-state index contributed by atoms with van der Waals surface area (Å²) in [5, 5.41) is 9.46. The number of phenolic OH excluding ortho intramolecular Hbond substituents is 1. The molecule has 25 heavy (non-hydrogen) atoms. The first-order valence-electron chi connectivity index (χ1n) is 10.4. The lowest BCUT2D eigenvalue weighted by Gasteiger charge is -2.02. The summed E-state index contributed by atoms with van der Waals surface area (Å²) in [5.74, 6) is 1.04. The molecule has 2 rings (SSSR count). The molecule has 3 nitrogen and oxygen atoms in total. The van der Waals surface area contributed by atoms with Gasteiger partial charge in [0.05, 0.1) is 0 Å². The average Bonchev–Trinajstić information content (AvgIpc) is 3.01. The minimum atomic E-state index is 0.244. The van der Waals surface area contributed by atoms with Crippen molar-refractivity contribution in [2.45, 2.75) is 96.8 Å². The van der Waals surface area contributed by atoms with Gasteiger partial charge in [0.25, 0.3) is 0 Å². The number of aromatic hydroxyl groups is 1. The van der Waals surface area contributed by atoms with Crippen LogP contribution in [0.15, 0.2) is 22.6 Å². The summed E-state index contributed by atoms with van der Waals surface area (Å²) in [6.07, 6.45) is 18.6. The molecule has 1 aromatic carbocycles. The van der Waals surface area contributed by atoms with Crippen molar-refractivity contribution in [3.63, 3.8) is 0 Å². The smallest absolute Gasteiger partial charge is 0.195 e. The minimum absolute atomic E-state index is 0.244. The van der Waals surface area contributed by atoms with Crippen molar-refractivity contribution in [3.05, 3.63) is 24.1 Å². The Morgan fingerprint density at radius 3 is 1.96 bits per heavy atom. The molecule has 0 saturated heterocycles. The number of aromatic nitrogens is 1. The van der Waals surface area contributed by atoms with Crippen LogP contribution in [0.3, 0.4) is 0 Å². The molecule has 1 heterocycles. The van der Waals surface area contributed by atoms with Gasteiger partial charge in [-0.25, -0.2) is 4.98 Å². The van der Waals surface area contributed by atoms with Crippen LogP contribution in [0.2, 0.25) is 0 Å². The third-order valence-electron chi connectivity index (χ3n) is 4.91. The van der Waals surface area contributed by atoms with Gasteiger partial charge in [-0.15, -0.1) is 0 Å². The van der Waals surface area contributed by atoms with E-state index >= 15 is 0 Å². The van der Waals surface area contributed by atoms with E-state index in [0.29, 0.717) is 0 Å². The number of benzene rings is 1. The van der Waals surface area contributed by atoms with E-state index < -0.39 is 0 Å². The summed E-state index contributed by atoms with van der Waals surface area (Å²) in [7, 11) is 0. The Morgan fingerprint density at radius 2 is 1.36 bits per heavy atom. The zero-order valence-electron chi connectivity index (χ0n) is 15.9. The summed E-state index contributed by atoms with van der Waals surface area (Å²) in [4.78, 5) is 4.44. The first-order chi connectivity index (χ1) is 12.3. The van der Waals surface area contributed by atoms with E-state index in [1.54, 1.807) is 18.2 Å². The van der Waals surface area contributed by atoms with Crippen LogP contribution < -0.4 is 0 Å². The zero-order valence-corrected chi connectivity index (χ0v) is 15.9. The maximum Gasteiger partial charge on any atom is 0.195 e. The molecule has 0 aliphatic rings. The lowest BCUT2D eigenvalue weighted by Crippen LogP contribution is -1.86. The molecule has 0 bridgehead atoms. The number of nitrogens with zero attached hydrogens (tertiary/aromatic N) is 1. The van der Waals surface area contributed by atoms with Crippen molar-refractivity contribution in [1.82, 2.24) is 4.98 Å². The van der Waals surface area contributed by atoms with Crippen LogP contribution in [0.5, 0.6) is 5.75 Å². The number of fused-ring (bicyclic) bond motifs is 1. The molecule has 0 saturated carbocycles. The molecule has 0 amide bonds. The molecule has 0 aliphatic carbocycles. The third-order valence-corrected chi connectivity index (χ3v) is 4.91. The van der Waals surface area contributed by atoms with Crippen LogP contribution in [0.4, 0.5) is 0 Å². The number of hydrogen-bond acceptors (Lipinski definition) is 3. The fourth-order valence-corrected chi connectivity index (χ4v) is 3.36. The van der Waals surface area contributed by atoms with Gasteiger partial charge < -0.3 is 9.52 Å². The molecule has 0 fully saturated rings. The van der Waals surface area contributed by atoms with Crippen molar-refractivity contribution in [2.75, 3.05) is 0 Å². The van der Waals surface area contributed by atoms with Gasteiger partial charge in [-0.2, -0.15) is 0 Å². The van der Waals surface area contributed by atoms with Crippen LogP contribution in [-0.2, 0) is 6.42 Å². The normalized spacial score (nSPS) is 11.4. The summed E-state index contributed by atoms with van der Waals surface area (Å²) in [5.41, 5.74) is 1.52. The molecule has 1 aromatic heterocycles. The van der Waals surface area contributed by atoms with Crippen molar-refractivity contribution in [2.24, 2.45) is 0 Å². The zero-order chi connectivity index (χ0) is 17.7. The van der Waals surface area contributed by atoms with Crippen LogP contribution in [-0.4, -0.2) is 10.1 Å². The molecule has 0 radical (unpaired) electrons. The Labute approximate surface area is 152 Å². The highest BCUT2D eigenvalue weighted by atomic mass is 16.3. The predicted octanol–water partition coefficient (Wildman–Crippen LogP) is 7.17. The Bertz CT molecular complexity index is 591. The second kappa shape index (κ2) is 11.9. The summed E-state index contributed by atoms with van der Waals surface area (Å²) in [6, 6.07) is 5.08. The molecule has 0 spiro atoms. The first kappa shape index (κ1) is 19.8. The molecule has 0 atom stereocenters. The predicted molar refractivity (Wildman–Crippen MR) is 105 cm³/mol. The largest absolute Gasteiger partial charge is 0.508 e. The molecule has 140 valence electrons. The molecule has 0 unspecified atom stereocenters. The Morgan fingerprint density at radius 1 is 0.800 bits per heavy atom. The summed E-state index contributed by atoms with van der Waals surface area (Å²) >= 11 is 0. The summed E-state index contributed by atoms with van der Waals surface area (Å²) in [6.45, 7) is 2.28. The van der Waals surface area contributed by atoms with Crippen molar-refractivity contribution < 1.29 is 9.52 Å². The number of aryl methyl sites for hydroxylation is 1. The second-order valence-corrected chi connectivity index (χ2v) is 7.25. The van der Waals surface area contributed by atoms with Gasteiger partial charge in [-0.3, -0.25) is 0 Å².